The number of rotatable bonds is 3. The van der Waals surface area contributed by atoms with Crippen molar-refractivity contribution in [1.82, 2.24) is 4.98 Å². The zero-order valence-electron chi connectivity index (χ0n) is 8.30. The second-order valence-electron chi connectivity index (χ2n) is 3.62. The van der Waals surface area contributed by atoms with Crippen LogP contribution in [0, 0.1) is 6.92 Å². The fraction of sp³-hybridized carbons (Fsp3) is 0.444. The molecule has 1 saturated carbocycles. The van der Waals surface area contributed by atoms with Gasteiger partial charge in [0.25, 0.3) is 0 Å². The van der Waals surface area contributed by atoms with E-state index in [2.05, 4.69) is 4.98 Å². The number of aromatic nitrogens is 1. The average molecular weight is 228 g/mol. The van der Waals surface area contributed by atoms with Gasteiger partial charge in [-0.3, -0.25) is 4.98 Å². The number of pyridine rings is 1. The lowest BCUT2D eigenvalue weighted by atomic mass is 10.4. The summed E-state index contributed by atoms with van der Waals surface area (Å²) in [5.74, 6) is 0.465. The van der Waals surface area contributed by atoms with Crippen LogP contribution in [0.2, 0.25) is 0 Å². The number of primary sulfonamides is 1. The number of ether oxygens (including phenoxy) is 1. The van der Waals surface area contributed by atoms with Crippen molar-refractivity contribution in [3.63, 3.8) is 0 Å². The average Bonchev–Trinajstić information content (AvgIpc) is 2.90. The van der Waals surface area contributed by atoms with Gasteiger partial charge in [-0.15, -0.1) is 0 Å². The molecule has 2 N–H and O–H groups in total. The Bertz CT molecular complexity index is 480. The summed E-state index contributed by atoms with van der Waals surface area (Å²) in [6.45, 7) is 1.60. The predicted molar refractivity (Wildman–Crippen MR) is 54.0 cm³/mol. The van der Waals surface area contributed by atoms with Crippen molar-refractivity contribution >= 4 is 10.0 Å². The third-order valence-corrected chi connectivity index (χ3v) is 3.18. The van der Waals surface area contributed by atoms with E-state index in [4.69, 9.17) is 9.88 Å². The fourth-order valence-electron chi connectivity index (χ4n) is 1.23. The first kappa shape index (κ1) is 10.4. The van der Waals surface area contributed by atoms with Gasteiger partial charge in [-0.1, -0.05) is 0 Å². The van der Waals surface area contributed by atoms with Crippen LogP contribution in [0.4, 0.5) is 0 Å². The molecule has 0 atom stereocenters. The van der Waals surface area contributed by atoms with Crippen molar-refractivity contribution in [3.8, 4) is 5.75 Å². The highest BCUT2D eigenvalue weighted by atomic mass is 32.2. The number of nitrogens with zero attached hydrogens (tertiary/aromatic N) is 1. The lowest BCUT2D eigenvalue weighted by molar-refractivity contribution is 0.301. The van der Waals surface area contributed by atoms with E-state index in [0.29, 0.717) is 11.4 Å². The molecule has 5 nitrogen and oxygen atoms in total. The quantitative estimate of drug-likeness (QED) is 0.820. The standard InChI is InChI=1S/C9H12N2O3S/c1-6-9(15(10,12)13)4-8(5-11-6)14-7-2-3-7/h4-5,7H,2-3H2,1H3,(H2,10,12,13). The molecule has 82 valence electrons. The molecular formula is C9H12N2O3S. The Kier molecular flexibility index (Phi) is 2.40. The molecule has 1 aromatic heterocycles. The molecule has 0 saturated heterocycles. The van der Waals surface area contributed by atoms with Crippen LogP contribution in [0.3, 0.4) is 0 Å². The van der Waals surface area contributed by atoms with Crippen LogP contribution in [0.5, 0.6) is 5.75 Å². The van der Waals surface area contributed by atoms with Crippen molar-refractivity contribution in [3.05, 3.63) is 18.0 Å². The molecule has 1 heterocycles. The molecule has 0 radical (unpaired) electrons. The molecule has 2 rings (SSSR count). The number of hydrogen-bond donors (Lipinski definition) is 1. The van der Waals surface area contributed by atoms with E-state index < -0.39 is 10.0 Å². The predicted octanol–water partition coefficient (Wildman–Crippen LogP) is 0.579. The van der Waals surface area contributed by atoms with Crippen LogP contribution in [-0.4, -0.2) is 19.5 Å². The first-order valence-corrected chi connectivity index (χ1v) is 6.17. The van der Waals surface area contributed by atoms with Crippen LogP contribution < -0.4 is 9.88 Å². The van der Waals surface area contributed by atoms with E-state index in [9.17, 15) is 8.42 Å². The Hall–Kier alpha value is -1.14. The zero-order valence-corrected chi connectivity index (χ0v) is 9.12. The lowest BCUT2D eigenvalue weighted by Crippen LogP contribution is -2.14. The highest BCUT2D eigenvalue weighted by molar-refractivity contribution is 7.89. The highest BCUT2D eigenvalue weighted by Gasteiger charge is 2.24. The number of sulfonamides is 1. The molecule has 6 heteroatoms. The molecule has 0 bridgehead atoms. The minimum Gasteiger partial charge on any atom is -0.489 e. The van der Waals surface area contributed by atoms with Gasteiger partial charge in [0.2, 0.25) is 10.0 Å². The fourth-order valence-corrected chi connectivity index (χ4v) is 1.97. The summed E-state index contributed by atoms with van der Waals surface area (Å²) in [5.41, 5.74) is 0.389. The first-order chi connectivity index (χ1) is 6.97. The third-order valence-electron chi connectivity index (χ3n) is 2.15. The van der Waals surface area contributed by atoms with Crippen LogP contribution >= 0.6 is 0 Å². The molecule has 0 amide bonds. The largest absolute Gasteiger partial charge is 0.489 e. The maximum Gasteiger partial charge on any atom is 0.239 e. The first-order valence-electron chi connectivity index (χ1n) is 4.63. The van der Waals surface area contributed by atoms with Crippen LogP contribution in [0.25, 0.3) is 0 Å². The Morgan fingerprint density at radius 2 is 2.20 bits per heavy atom. The summed E-state index contributed by atoms with van der Waals surface area (Å²) < 4.78 is 27.8. The van der Waals surface area contributed by atoms with Crippen LogP contribution in [0.1, 0.15) is 18.5 Å². The molecule has 0 spiro atoms. The smallest absolute Gasteiger partial charge is 0.239 e. The Balaban J connectivity index is 2.35. The van der Waals surface area contributed by atoms with Crippen LogP contribution in [0.15, 0.2) is 17.2 Å². The van der Waals surface area contributed by atoms with E-state index in [1.807, 2.05) is 0 Å². The summed E-state index contributed by atoms with van der Waals surface area (Å²) in [4.78, 5) is 3.97. The third kappa shape index (κ3) is 2.45. The van der Waals surface area contributed by atoms with Gasteiger partial charge in [-0.2, -0.15) is 0 Å². The second-order valence-corrected chi connectivity index (χ2v) is 5.15. The molecular weight excluding hydrogens is 216 g/mol. The molecule has 1 fully saturated rings. The minimum absolute atomic E-state index is 0.0284. The van der Waals surface area contributed by atoms with Gasteiger partial charge in [-0.05, 0) is 19.8 Å². The van der Waals surface area contributed by atoms with E-state index in [0.717, 1.165) is 12.8 Å². The van der Waals surface area contributed by atoms with Crippen molar-refractivity contribution in [2.75, 3.05) is 0 Å². The van der Waals surface area contributed by atoms with E-state index in [-0.39, 0.29) is 11.0 Å². The summed E-state index contributed by atoms with van der Waals surface area (Å²) in [7, 11) is -3.71. The summed E-state index contributed by atoms with van der Waals surface area (Å²) in [5, 5.41) is 5.05. The van der Waals surface area contributed by atoms with E-state index in [1.165, 1.54) is 12.3 Å². The molecule has 0 aliphatic heterocycles. The van der Waals surface area contributed by atoms with Gasteiger partial charge < -0.3 is 4.74 Å². The van der Waals surface area contributed by atoms with Gasteiger partial charge >= 0.3 is 0 Å². The van der Waals surface area contributed by atoms with Gasteiger partial charge in [0.15, 0.2) is 0 Å². The van der Waals surface area contributed by atoms with Crippen LogP contribution in [-0.2, 0) is 10.0 Å². The zero-order chi connectivity index (χ0) is 11.1. The molecule has 15 heavy (non-hydrogen) atoms. The Morgan fingerprint density at radius 1 is 1.53 bits per heavy atom. The maximum atomic E-state index is 11.2. The number of aryl methyl sites for hydroxylation is 1. The minimum atomic E-state index is -3.71. The van der Waals surface area contributed by atoms with Gasteiger partial charge in [0.05, 0.1) is 18.0 Å². The molecule has 1 aliphatic rings. The summed E-state index contributed by atoms with van der Waals surface area (Å²) >= 11 is 0. The Labute approximate surface area is 88.3 Å². The van der Waals surface area contributed by atoms with E-state index >= 15 is 0 Å². The molecule has 0 aromatic carbocycles. The number of nitrogens with two attached hydrogens (primary N) is 1. The number of hydrogen-bond acceptors (Lipinski definition) is 4. The highest BCUT2D eigenvalue weighted by Crippen LogP contribution is 2.27. The van der Waals surface area contributed by atoms with Crippen molar-refractivity contribution in [2.45, 2.75) is 30.8 Å². The monoisotopic (exact) mass is 228 g/mol. The van der Waals surface area contributed by atoms with Gasteiger partial charge in [0, 0.05) is 6.07 Å². The van der Waals surface area contributed by atoms with Crippen molar-refractivity contribution < 1.29 is 13.2 Å². The molecule has 0 unspecified atom stereocenters. The maximum absolute atomic E-state index is 11.2. The molecule has 1 aliphatic carbocycles. The Morgan fingerprint density at radius 3 is 2.73 bits per heavy atom. The SMILES string of the molecule is Cc1ncc(OC2CC2)cc1S(N)(=O)=O. The van der Waals surface area contributed by atoms with Gasteiger partial charge in [0.1, 0.15) is 10.6 Å². The normalized spacial score (nSPS) is 16.4. The van der Waals surface area contributed by atoms with Gasteiger partial charge in [-0.25, -0.2) is 13.6 Å². The second kappa shape index (κ2) is 3.46. The summed E-state index contributed by atoms with van der Waals surface area (Å²) in [6.07, 6.45) is 3.75. The van der Waals surface area contributed by atoms with Crippen molar-refractivity contribution in [1.29, 1.82) is 0 Å². The topological polar surface area (TPSA) is 82.3 Å². The lowest BCUT2D eigenvalue weighted by Gasteiger charge is -2.07. The summed E-state index contributed by atoms with van der Waals surface area (Å²) in [6, 6.07) is 1.43. The van der Waals surface area contributed by atoms with Crippen molar-refractivity contribution in [2.24, 2.45) is 5.14 Å². The molecule has 1 aromatic rings. The van der Waals surface area contributed by atoms with E-state index in [1.54, 1.807) is 6.92 Å².